The second kappa shape index (κ2) is 9.40. The molecule has 1 saturated carbocycles. The summed E-state index contributed by atoms with van der Waals surface area (Å²) in [6.45, 7) is 0. The second-order valence-electron chi connectivity index (χ2n) is 6.20. The Balaban J connectivity index is 0.00000225. The molecule has 135 valence electrons. The van der Waals surface area contributed by atoms with Crippen molar-refractivity contribution in [2.24, 2.45) is 0 Å². The van der Waals surface area contributed by atoms with Crippen LogP contribution in [0, 0.1) is 0 Å². The van der Waals surface area contributed by atoms with Crippen molar-refractivity contribution in [2.45, 2.75) is 37.8 Å². The zero-order valence-electron chi connectivity index (χ0n) is 13.9. The molecule has 0 heterocycles. The van der Waals surface area contributed by atoms with Gasteiger partial charge in [0.25, 0.3) is 0 Å². The van der Waals surface area contributed by atoms with Crippen LogP contribution in [0.5, 0.6) is 0 Å². The predicted octanol–water partition coefficient (Wildman–Crippen LogP) is 2.63. The fourth-order valence-electron chi connectivity index (χ4n) is 3.12. The van der Waals surface area contributed by atoms with E-state index in [4.69, 9.17) is 0 Å². The van der Waals surface area contributed by atoms with Crippen molar-refractivity contribution in [3.63, 3.8) is 0 Å². The van der Waals surface area contributed by atoms with E-state index in [1.165, 1.54) is 12.8 Å². The van der Waals surface area contributed by atoms with Crippen LogP contribution in [0.2, 0.25) is 0 Å². The van der Waals surface area contributed by atoms with Crippen LogP contribution in [0.25, 0.3) is 0 Å². The van der Waals surface area contributed by atoms with Crippen molar-refractivity contribution in [3.8, 4) is 0 Å². The van der Waals surface area contributed by atoms with Crippen molar-refractivity contribution < 1.29 is 26.7 Å². The van der Waals surface area contributed by atoms with Gasteiger partial charge in [0.05, 0.1) is 0 Å². The normalized spacial score (nSPS) is 28.3. The summed E-state index contributed by atoms with van der Waals surface area (Å²) in [5.41, 5.74) is 1.35. The van der Waals surface area contributed by atoms with E-state index in [0.717, 1.165) is 12.8 Å². The molecule has 25 heavy (non-hydrogen) atoms. The molecular weight excluding hydrogens is 364 g/mol. The summed E-state index contributed by atoms with van der Waals surface area (Å²) in [5.74, 6) is 0.0503. The topological polar surface area (TPSA) is 58.2 Å². The van der Waals surface area contributed by atoms with Gasteiger partial charge in [0.1, 0.15) is 0 Å². The van der Waals surface area contributed by atoms with Crippen molar-refractivity contribution in [1.82, 2.24) is 10.6 Å². The minimum absolute atomic E-state index is 0. The Labute approximate surface area is 159 Å². The molecule has 2 N–H and O–H groups in total. The Bertz CT molecular complexity index is 638. The van der Waals surface area contributed by atoms with E-state index >= 15 is 0 Å². The molecular formula is C20H22CuN2O2. The van der Waals surface area contributed by atoms with Crippen molar-refractivity contribution in [2.75, 3.05) is 0 Å². The van der Waals surface area contributed by atoms with Gasteiger partial charge in [-0.05, 0) is 37.1 Å². The summed E-state index contributed by atoms with van der Waals surface area (Å²) in [4.78, 5) is 23.6. The maximum atomic E-state index is 11.8. The zero-order valence-corrected chi connectivity index (χ0v) is 14.8. The molecule has 2 atom stereocenters. The van der Waals surface area contributed by atoms with Crippen molar-refractivity contribution >= 4 is 11.6 Å². The van der Waals surface area contributed by atoms with E-state index in [1.54, 1.807) is 24.3 Å². The molecule has 1 fully saturated rings. The van der Waals surface area contributed by atoms with Gasteiger partial charge in [-0.2, -0.15) is 0 Å². The molecule has 2 unspecified atom stereocenters. The molecule has 0 amide bonds. The Morgan fingerprint density at radius 1 is 0.720 bits per heavy atom. The summed E-state index contributed by atoms with van der Waals surface area (Å²) in [5, 5.41) is 6.79. The van der Waals surface area contributed by atoms with E-state index in [9.17, 15) is 9.59 Å². The molecule has 3 aliphatic rings. The number of allylic oxidation sites excluding steroid dienone is 10. The van der Waals surface area contributed by atoms with Gasteiger partial charge in [-0.1, -0.05) is 37.1 Å². The largest absolute Gasteiger partial charge is 0.386 e. The first kappa shape index (κ1) is 19.2. The summed E-state index contributed by atoms with van der Waals surface area (Å²) >= 11 is 0. The van der Waals surface area contributed by atoms with Crippen LogP contribution in [0.3, 0.4) is 0 Å². The first-order valence-corrected chi connectivity index (χ1v) is 8.44. The van der Waals surface area contributed by atoms with E-state index in [2.05, 4.69) is 10.6 Å². The molecule has 0 spiro atoms. The minimum Gasteiger partial charge on any atom is -0.386 e. The first-order valence-electron chi connectivity index (χ1n) is 8.44. The van der Waals surface area contributed by atoms with Crippen LogP contribution in [0.1, 0.15) is 25.7 Å². The minimum atomic E-state index is 0. The Kier molecular flexibility index (Phi) is 7.23. The molecule has 0 aliphatic heterocycles. The molecule has 1 radical (unpaired) electrons. The Morgan fingerprint density at radius 2 is 1.12 bits per heavy atom. The standard InChI is InChI=1S/C20H22N2O2.Cu/c23-19-11-5-1-7-15(19)13-21-17-9-3-4-10-18(17)22-14-16-8-2-6-12-20(16)24;/h1-2,5-8,11-14,17-18,21-22H,3-4,9-10H2;. The number of nitrogens with one attached hydrogen (secondary N) is 2. The zero-order chi connectivity index (χ0) is 16.8. The first-order chi connectivity index (χ1) is 11.7. The van der Waals surface area contributed by atoms with Gasteiger partial charge < -0.3 is 10.6 Å². The monoisotopic (exact) mass is 385 g/mol. The summed E-state index contributed by atoms with van der Waals surface area (Å²) in [6, 6.07) is 0.488. The van der Waals surface area contributed by atoms with Crippen LogP contribution in [0.4, 0.5) is 0 Å². The van der Waals surface area contributed by atoms with E-state index in [0.29, 0.717) is 11.1 Å². The van der Waals surface area contributed by atoms with Crippen LogP contribution >= 0.6 is 0 Å². The third kappa shape index (κ3) is 5.18. The predicted molar refractivity (Wildman–Crippen MR) is 95.1 cm³/mol. The van der Waals surface area contributed by atoms with Gasteiger partial charge in [0.2, 0.25) is 0 Å². The molecule has 5 heteroatoms. The molecule has 0 saturated heterocycles. The van der Waals surface area contributed by atoms with E-state index in [-0.39, 0.29) is 40.7 Å². The summed E-state index contributed by atoms with van der Waals surface area (Å²) in [6.07, 6.45) is 22.1. The van der Waals surface area contributed by atoms with Crippen molar-refractivity contribution in [3.05, 3.63) is 72.2 Å². The second-order valence-corrected chi connectivity index (χ2v) is 6.20. The van der Waals surface area contributed by atoms with Crippen LogP contribution < -0.4 is 10.6 Å². The van der Waals surface area contributed by atoms with Crippen molar-refractivity contribution in [1.29, 1.82) is 0 Å². The molecule has 0 bridgehead atoms. The number of rotatable bonds is 4. The fourth-order valence-corrected chi connectivity index (χ4v) is 3.12. The third-order valence-electron chi connectivity index (χ3n) is 4.51. The molecule has 3 rings (SSSR count). The third-order valence-corrected chi connectivity index (χ3v) is 4.51. The molecule has 0 aromatic heterocycles. The maximum absolute atomic E-state index is 11.8. The van der Waals surface area contributed by atoms with Gasteiger partial charge in [-0.15, -0.1) is 0 Å². The van der Waals surface area contributed by atoms with E-state index in [1.807, 2.05) is 36.7 Å². The Morgan fingerprint density at radius 3 is 1.52 bits per heavy atom. The number of carbonyl (C=O) groups is 2. The van der Waals surface area contributed by atoms with Gasteiger partial charge in [0.15, 0.2) is 11.6 Å². The summed E-state index contributed by atoms with van der Waals surface area (Å²) < 4.78 is 0. The molecule has 4 nitrogen and oxygen atoms in total. The van der Waals surface area contributed by atoms with Crippen LogP contribution in [0.15, 0.2) is 72.2 Å². The quantitative estimate of drug-likeness (QED) is 0.577. The number of ketones is 2. The summed E-state index contributed by atoms with van der Waals surface area (Å²) in [7, 11) is 0. The average Bonchev–Trinajstić information content (AvgIpc) is 2.61. The van der Waals surface area contributed by atoms with Gasteiger partial charge in [-0.3, -0.25) is 9.59 Å². The fraction of sp³-hybridized carbons (Fsp3) is 0.300. The number of hydrogen-bond acceptors (Lipinski definition) is 4. The SMILES string of the molecule is O=C1C=CC=CC1=CNC1CCCCC1NC=C1C=CC=CC1=O.[Cu]. The molecule has 0 aromatic carbocycles. The number of carbonyl (C=O) groups excluding carboxylic acids is 2. The van der Waals surface area contributed by atoms with Crippen LogP contribution in [-0.2, 0) is 26.7 Å². The van der Waals surface area contributed by atoms with Gasteiger partial charge in [-0.25, -0.2) is 0 Å². The maximum Gasteiger partial charge on any atom is 0.187 e. The molecule has 3 aliphatic carbocycles. The number of hydrogen-bond donors (Lipinski definition) is 2. The van der Waals surface area contributed by atoms with E-state index < -0.39 is 0 Å². The average molecular weight is 386 g/mol. The Hall–Kier alpha value is -2.10. The molecule has 0 aromatic rings. The van der Waals surface area contributed by atoms with Gasteiger partial charge >= 0.3 is 0 Å². The smallest absolute Gasteiger partial charge is 0.187 e. The van der Waals surface area contributed by atoms with Gasteiger partial charge in [0, 0.05) is 52.7 Å². The van der Waals surface area contributed by atoms with Crippen LogP contribution in [-0.4, -0.2) is 23.7 Å².